The van der Waals surface area contributed by atoms with E-state index in [4.69, 9.17) is 26.7 Å². The Bertz CT molecular complexity index is 696. The third-order valence-electron chi connectivity index (χ3n) is 2.02. The van der Waals surface area contributed by atoms with Crippen LogP contribution in [0, 0.1) is 17.1 Å². The maximum Gasteiger partial charge on any atom is 0.349 e. The van der Waals surface area contributed by atoms with Gasteiger partial charge in [0, 0.05) is 0 Å². The normalized spacial score (nSPS) is 9.95. The van der Waals surface area contributed by atoms with E-state index in [0.29, 0.717) is 11.3 Å². The average Bonchev–Trinajstić information content (AvgIpc) is 2.73. The number of thiazole rings is 1. The molecule has 0 atom stereocenters. The second kappa shape index (κ2) is 5.22. The first-order valence-electron chi connectivity index (χ1n) is 4.78. The number of nitrogens with zero attached hydrogens (tertiary/aromatic N) is 2. The van der Waals surface area contributed by atoms with Crippen LogP contribution in [-0.2, 0) is 0 Å². The largest absolute Gasteiger partial charge is 0.477 e. The lowest BCUT2D eigenvalue weighted by Crippen LogP contribution is -1.91. The molecule has 1 aromatic carbocycles. The Hall–Kier alpha value is -2.17. The topological polar surface area (TPSA) is 83.2 Å². The summed E-state index contributed by atoms with van der Waals surface area (Å²) in [7, 11) is 0. The molecule has 1 N–H and O–H groups in total. The Balaban J connectivity index is 2.29. The third-order valence-corrected chi connectivity index (χ3v) is 3.33. The summed E-state index contributed by atoms with van der Waals surface area (Å²) in [6.45, 7) is 0. The van der Waals surface area contributed by atoms with Gasteiger partial charge in [0.2, 0.25) is 0 Å². The van der Waals surface area contributed by atoms with Crippen LogP contribution in [0.3, 0.4) is 0 Å². The summed E-state index contributed by atoms with van der Waals surface area (Å²) >= 11 is 6.28. The molecule has 0 fully saturated rings. The van der Waals surface area contributed by atoms with Gasteiger partial charge in [0.05, 0.1) is 11.6 Å². The van der Waals surface area contributed by atoms with Crippen molar-refractivity contribution in [1.82, 2.24) is 4.98 Å². The molecule has 0 saturated carbocycles. The first-order chi connectivity index (χ1) is 9.01. The Labute approximate surface area is 115 Å². The van der Waals surface area contributed by atoms with Crippen molar-refractivity contribution in [2.75, 3.05) is 0 Å². The number of carboxylic acid groups (broad SMARTS) is 1. The van der Waals surface area contributed by atoms with Crippen LogP contribution in [0.2, 0.25) is 5.15 Å². The highest BCUT2D eigenvalue weighted by molar-refractivity contribution is 7.15. The van der Waals surface area contributed by atoms with Crippen LogP contribution in [0.5, 0.6) is 10.9 Å². The van der Waals surface area contributed by atoms with E-state index in [1.54, 1.807) is 6.07 Å². The number of hydrogen-bond donors (Lipinski definition) is 1. The second-order valence-corrected chi connectivity index (χ2v) is 4.58. The molecule has 19 heavy (non-hydrogen) atoms. The van der Waals surface area contributed by atoms with Crippen LogP contribution in [0.1, 0.15) is 15.2 Å². The molecule has 0 aliphatic heterocycles. The fourth-order valence-corrected chi connectivity index (χ4v) is 2.19. The zero-order chi connectivity index (χ0) is 14.0. The number of carboxylic acids is 1. The van der Waals surface area contributed by atoms with Crippen molar-refractivity contribution in [3.8, 4) is 17.0 Å². The van der Waals surface area contributed by atoms with Gasteiger partial charge in [0.1, 0.15) is 0 Å². The summed E-state index contributed by atoms with van der Waals surface area (Å²) in [5.74, 6) is -2.15. The van der Waals surface area contributed by atoms with Gasteiger partial charge in [-0.25, -0.2) is 9.18 Å². The minimum Gasteiger partial charge on any atom is -0.477 e. The van der Waals surface area contributed by atoms with Crippen molar-refractivity contribution in [2.45, 2.75) is 0 Å². The van der Waals surface area contributed by atoms with Crippen LogP contribution >= 0.6 is 22.9 Å². The number of carbonyl (C=O) groups is 1. The third kappa shape index (κ3) is 2.81. The number of ether oxygens (including phenoxy) is 1. The van der Waals surface area contributed by atoms with E-state index in [1.807, 2.05) is 0 Å². The van der Waals surface area contributed by atoms with Crippen molar-refractivity contribution in [3.05, 3.63) is 39.6 Å². The SMILES string of the molecule is N#Cc1ccc(Oc2nc(Cl)c(C(=O)O)s2)c(F)c1. The first-order valence-corrected chi connectivity index (χ1v) is 5.98. The van der Waals surface area contributed by atoms with Gasteiger partial charge in [-0.2, -0.15) is 10.2 Å². The van der Waals surface area contributed by atoms with E-state index >= 15 is 0 Å². The maximum absolute atomic E-state index is 13.5. The van der Waals surface area contributed by atoms with Gasteiger partial charge in [-0.05, 0) is 18.2 Å². The molecule has 0 aliphatic rings. The van der Waals surface area contributed by atoms with E-state index in [1.165, 1.54) is 12.1 Å². The summed E-state index contributed by atoms with van der Waals surface area (Å²) < 4.78 is 18.6. The minimum atomic E-state index is -1.24. The zero-order valence-corrected chi connectivity index (χ0v) is 10.6. The molecule has 8 heteroatoms. The molecule has 0 amide bonds. The molecule has 2 aromatic rings. The number of hydrogen-bond acceptors (Lipinski definition) is 5. The molecule has 0 bridgehead atoms. The summed E-state index contributed by atoms with van der Waals surface area (Å²) in [6.07, 6.45) is 0. The molecule has 0 spiro atoms. The number of benzene rings is 1. The predicted octanol–water partition coefficient (Wildman–Crippen LogP) is 3.30. The molecule has 0 aliphatic carbocycles. The van der Waals surface area contributed by atoms with E-state index in [2.05, 4.69) is 4.98 Å². The van der Waals surface area contributed by atoms with Crippen LogP contribution in [0.25, 0.3) is 0 Å². The van der Waals surface area contributed by atoms with Crippen molar-refractivity contribution in [1.29, 1.82) is 5.26 Å². The van der Waals surface area contributed by atoms with Gasteiger partial charge < -0.3 is 9.84 Å². The van der Waals surface area contributed by atoms with Gasteiger partial charge in [0.25, 0.3) is 5.19 Å². The Morgan fingerprint density at radius 1 is 1.58 bits per heavy atom. The van der Waals surface area contributed by atoms with E-state index in [-0.39, 0.29) is 26.5 Å². The quantitative estimate of drug-likeness (QED) is 0.940. The number of rotatable bonds is 3. The maximum atomic E-state index is 13.5. The fourth-order valence-electron chi connectivity index (χ4n) is 1.21. The van der Waals surface area contributed by atoms with Gasteiger partial charge >= 0.3 is 5.97 Å². The standard InChI is InChI=1S/C11H4ClFN2O3S/c12-9-8(10(16)17)19-11(15-9)18-7-2-1-5(4-14)3-6(7)13/h1-3H,(H,16,17). The summed E-state index contributed by atoms with van der Waals surface area (Å²) in [4.78, 5) is 14.2. The molecule has 1 aromatic heterocycles. The fraction of sp³-hybridized carbons (Fsp3) is 0. The molecule has 5 nitrogen and oxygen atoms in total. The zero-order valence-electron chi connectivity index (χ0n) is 9.05. The molecule has 0 radical (unpaired) electrons. The molecule has 0 unspecified atom stereocenters. The van der Waals surface area contributed by atoms with Crippen LogP contribution < -0.4 is 4.74 Å². The highest BCUT2D eigenvalue weighted by atomic mass is 35.5. The molecule has 96 valence electrons. The van der Waals surface area contributed by atoms with Gasteiger partial charge in [-0.15, -0.1) is 0 Å². The summed E-state index contributed by atoms with van der Waals surface area (Å²) in [5, 5.41) is 17.1. The lowest BCUT2D eigenvalue weighted by Gasteiger charge is -2.02. The minimum absolute atomic E-state index is 0.0917. The smallest absolute Gasteiger partial charge is 0.349 e. The lowest BCUT2D eigenvalue weighted by molar-refractivity contribution is 0.0702. The van der Waals surface area contributed by atoms with Gasteiger partial charge in [-0.3, -0.25) is 0 Å². The van der Waals surface area contributed by atoms with E-state index < -0.39 is 11.8 Å². The molecule has 0 saturated heterocycles. The number of nitriles is 1. The molecule has 2 rings (SSSR count). The Morgan fingerprint density at radius 2 is 2.32 bits per heavy atom. The second-order valence-electron chi connectivity index (χ2n) is 3.26. The number of aromatic carboxylic acids is 1. The predicted molar refractivity (Wildman–Crippen MR) is 65.3 cm³/mol. The first kappa shape index (κ1) is 13.3. The average molecular weight is 299 g/mol. The van der Waals surface area contributed by atoms with E-state index in [9.17, 15) is 9.18 Å². The van der Waals surface area contributed by atoms with Crippen molar-refractivity contribution in [3.63, 3.8) is 0 Å². The highest BCUT2D eigenvalue weighted by Crippen LogP contribution is 2.33. The Morgan fingerprint density at radius 3 is 2.84 bits per heavy atom. The van der Waals surface area contributed by atoms with Crippen molar-refractivity contribution in [2.24, 2.45) is 0 Å². The van der Waals surface area contributed by atoms with Crippen LogP contribution in [0.15, 0.2) is 18.2 Å². The van der Waals surface area contributed by atoms with Gasteiger partial charge in [-0.1, -0.05) is 22.9 Å². The molecule has 1 heterocycles. The van der Waals surface area contributed by atoms with Crippen LogP contribution in [0.4, 0.5) is 4.39 Å². The molecular formula is C11H4ClFN2O3S. The number of halogens is 2. The highest BCUT2D eigenvalue weighted by Gasteiger charge is 2.18. The summed E-state index contributed by atoms with van der Waals surface area (Å²) in [5.41, 5.74) is 0.147. The van der Waals surface area contributed by atoms with E-state index in [0.717, 1.165) is 6.07 Å². The van der Waals surface area contributed by atoms with Crippen LogP contribution in [-0.4, -0.2) is 16.1 Å². The summed E-state index contributed by atoms with van der Waals surface area (Å²) in [6, 6.07) is 5.40. The van der Waals surface area contributed by atoms with Gasteiger partial charge in [0.15, 0.2) is 21.6 Å². The lowest BCUT2D eigenvalue weighted by atomic mass is 10.2. The monoisotopic (exact) mass is 298 g/mol. The number of aromatic nitrogens is 1. The van der Waals surface area contributed by atoms with Crippen molar-refractivity contribution >= 4 is 28.9 Å². The molecular weight excluding hydrogens is 295 g/mol. The Kier molecular flexibility index (Phi) is 3.64. The van der Waals surface area contributed by atoms with Crippen molar-refractivity contribution < 1.29 is 19.0 Å².